The fraction of sp³-hybridized carbons (Fsp3) is 0.615. The molecule has 1 aromatic rings. The van der Waals surface area contributed by atoms with Gasteiger partial charge in [-0.25, -0.2) is 0 Å². The highest BCUT2D eigenvalue weighted by Crippen LogP contribution is 2.11. The average Bonchev–Trinajstić information content (AvgIpc) is 2.69. The Morgan fingerprint density at radius 3 is 2.74 bits per heavy atom. The van der Waals surface area contributed by atoms with Crippen molar-refractivity contribution in [1.29, 1.82) is 0 Å². The van der Waals surface area contributed by atoms with Crippen LogP contribution in [0.4, 0.5) is 0 Å². The quantitative estimate of drug-likeness (QED) is 0.520. The van der Waals surface area contributed by atoms with Gasteiger partial charge in [-0.1, -0.05) is 26.1 Å². The van der Waals surface area contributed by atoms with Gasteiger partial charge in [-0.2, -0.15) is 5.10 Å². The summed E-state index contributed by atoms with van der Waals surface area (Å²) in [6.45, 7) is 6.49. The Labute approximate surface area is 119 Å². The smallest absolute Gasteiger partial charge is 0.230 e. The molecule has 0 aliphatic rings. The zero-order valence-electron chi connectivity index (χ0n) is 11.7. The number of hydrogen-bond donors (Lipinski definition) is 3. The normalized spacial score (nSPS) is 12.4. The van der Waals surface area contributed by atoms with Crippen LogP contribution in [0.25, 0.3) is 0 Å². The first-order valence-electron chi connectivity index (χ1n) is 6.49. The van der Waals surface area contributed by atoms with Gasteiger partial charge in [0.25, 0.3) is 0 Å². The number of hydrogen-bond acceptors (Lipinski definition) is 3. The van der Waals surface area contributed by atoms with Crippen LogP contribution in [0, 0.1) is 18.8 Å². The molecule has 6 heteroatoms. The molecule has 0 aliphatic heterocycles. The third-order valence-electron chi connectivity index (χ3n) is 3.11. The van der Waals surface area contributed by atoms with Gasteiger partial charge in [0.1, 0.15) is 0 Å². The second-order valence-electron chi connectivity index (χ2n) is 5.04. The van der Waals surface area contributed by atoms with Crippen LogP contribution in [0.1, 0.15) is 31.5 Å². The van der Waals surface area contributed by atoms with Gasteiger partial charge in [-0.05, 0) is 31.2 Å². The van der Waals surface area contributed by atoms with E-state index in [1.54, 1.807) is 0 Å². The molecule has 1 unspecified atom stereocenters. The molecule has 0 spiro atoms. The molecule has 0 aliphatic carbocycles. The number of aromatic nitrogens is 2. The summed E-state index contributed by atoms with van der Waals surface area (Å²) < 4.78 is 0. The van der Waals surface area contributed by atoms with Crippen LogP contribution >= 0.6 is 12.2 Å². The molecule has 1 aromatic heterocycles. The number of carbonyl (C=O) groups is 1. The zero-order valence-corrected chi connectivity index (χ0v) is 12.5. The first kappa shape index (κ1) is 15.6. The highest BCUT2D eigenvalue weighted by atomic mass is 32.1. The summed E-state index contributed by atoms with van der Waals surface area (Å²) in [5.41, 5.74) is 7.86. The minimum Gasteiger partial charge on any atom is -0.393 e. The molecule has 0 bridgehead atoms. The van der Waals surface area contributed by atoms with Gasteiger partial charge in [0.2, 0.25) is 5.91 Å². The van der Waals surface area contributed by atoms with Crippen molar-refractivity contribution in [3.05, 3.63) is 17.5 Å². The number of H-pyrrole nitrogens is 1. The molecule has 1 amide bonds. The maximum atomic E-state index is 12.0. The molecule has 1 rings (SSSR count). The van der Waals surface area contributed by atoms with Gasteiger partial charge < -0.3 is 11.1 Å². The molecular formula is C13H22N4OS. The lowest BCUT2D eigenvalue weighted by molar-refractivity contribution is -0.123. The largest absolute Gasteiger partial charge is 0.393 e. The van der Waals surface area contributed by atoms with Gasteiger partial charge in [-0.15, -0.1) is 0 Å². The summed E-state index contributed by atoms with van der Waals surface area (Å²) in [7, 11) is 0. The van der Waals surface area contributed by atoms with Crippen LogP contribution in [-0.4, -0.2) is 27.6 Å². The summed E-state index contributed by atoms with van der Waals surface area (Å²) in [5, 5.41) is 9.75. The molecule has 4 N–H and O–H groups in total. The molecule has 1 heterocycles. The molecule has 0 fully saturated rings. The van der Waals surface area contributed by atoms with E-state index in [2.05, 4.69) is 15.5 Å². The third kappa shape index (κ3) is 4.63. The van der Waals surface area contributed by atoms with E-state index in [1.807, 2.05) is 27.0 Å². The van der Waals surface area contributed by atoms with Crippen molar-refractivity contribution < 1.29 is 4.79 Å². The van der Waals surface area contributed by atoms with Crippen LogP contribution in [0.3, 0.4) is 0 Å². The molecule has 0 saturated carbocycles. The van der Waals surface area contributed by atoms with Crippen molar-refractivity contribution >= 4 is 23.1 Å². The van der Waals surface area contributed by atoms with Gasteiger partial charge in [-0.3, -0.25) is 9.89 Å². The highest BCUT2D eigenvalue weighted by Gasteiger charge is 2.24. The van der Waals surface area contributed by atoms with E-state index in [9.17, 15) is 4.79 Å². The Kier molecular flexibility index (Phi) is 5.95. The fourth-order valence-corrected chi connectivity index (χ4v) is 2.37. The Bertz CT molecular complexity index is 442. The molecule has 5 nitrogen and oxygen atoms in total. The lowest BCUT2D eigenvalue weighted by atomic mass is 9.95. The first-order chi connectivity index (χ1) is 8.93. The summed E-state index contributed by atoms with van der Waals surface area (Å²) >= 11 is 4.93. The number of rotatable bonds is 7. The monoisotopic (exact) mass is 282 g/mol. The lowest BCUT2D eigenvalue weighted by Crippen LogP contribution is -2.41. The summed E-state index contributed by atoms with van der Waals surface area (Å²) in [6.07, 6.45) is 3.58. The number of carbonyl (C=O) groups excluding carboxylic acids is 1. The summed E-state index contributed by atoms with van der Waals surface area (Å²) in [4.78, 5) is 12.2. The minimum absolute atomic E-state index is 0.0774. The van der Waals surface area contributed by atoms with E-state index >= 15 is 0 Å². The van der Waals surface area contributed by atoms with Crippen LogP contribution in [0.15, 0.2) is 6.20 Å². The molecular weight excluding hydrogens is 260 g/mol. The Morgan fingerprint density at radius 2 is 2.26 bits per heavy atom. The standard InChI is InChI=1S/C13H22N4OS/c1-8(2)11(12(14)19)13(18)15-6-4-5-10-7-16-17-9(10)3/h7-8,11H,4-6H2,1-3H3,(H2,14,19)(H,15,18)(H,16,17). The SMILES string of the molecule is Cc1[nH]ncc1CCCNC(=O)C(C(N)=S)C(C)C. The molecule has 106 valence electrons. The molecule has 0 aromatic carbocycles. The second-order valence-corrected chi connectivity index (χ2v) is 5.51. The number of amides is 1. The van der Waals surface area contributed by atoms with Crippen LogP contribution in [0.5, 0.6) is 0 Å². The van der Waals surface area contributed by atoms with E-state index in [4.69, 9.17) is 18.0 Å². The predicted octanol–water partition coefficient (Wildman–Crippen LogP) is 1.33. The summed E-state index contributed by atoms with van der Waals surface area (Å²) in [5.74, 6) is -0.342. The van der Waals surface area contributed by atoms with Crippen molar-refractivity contribution in [2.24, 2.45) is 17.6 Å². The third-order valence-corrected chi connectivity index (χ3v) is 3.37. The maximum Gasteiger partial charge on any atom is 0.230 e. The topological polar surface area (TPSA) is 83.8 Å². The Balaban J connectivity index is 2.34. The second kappa shape index (κ2) is 7.23. The summed E-state index contributed by atoms with van der Waals surface area (Å²) in [6, 6.07) is 0. The van der Waals surface area contributed by atoms with E-state index < -0.39 is 0 Å². The lowest BCUT2D eigenvalue weighted by Gasteiger charge is -2.18. The molecule has 0 radical (unpaired) electrons. The maximum absolute atomic E-state index is 12.0. The Hall–Kier alpha value is -1.43. The minimum atomic E-state index is -0.384. The number of aromatic amines is 1. The van der Waals surface area contributed by atoms with E-state index in [1.165, 1.54) is 5.56 Å². The van der Waals surface area contributed by atoms with Gasteiger partial charge in [0.05, 0.1) is 17.1 Å². The molecule has 0 saturated heterocycles. The van der Waals surface area contributed by atoms with Crippen LogP contribution in [0.2, 0.25) is 0 Å². The molecule has 19 heavy (non-hydrogen) atoms. The number of nitrogens with one attached hydrogen (secondary N) is 2. The van der Waals surface area contributed by atoms with E-state index in [0.717, 1.165) is 18.5 Å². The number of thiocarbonyl (C=S) groups is 1. The van der Waals surface area contributed by atoms with Crippen molar-refractivity contribution in [1.82, 2.24) is 15.5 Å². The number of aryl methyl sites for hydroxylation is 2. The average molecular weight is 282 g/mol. The van der Waals surface area contributed by atoms with Crippen LogP contribution < -0.4 is 11.1 Å². The number of nitrogens with two attached hydrogens (primary N) is 1. The first-order valence-corrected chi connectivity index (χ1v) is 6.90. The van der Waals surface area contributed by atoms with Crippen molar-refractivity contribution in [2.45, 2.75) is 33.6 Å². The highest BCUT2D eigenvalue weighted by molar-refractivity contribution is 7.80. The fourth-order valence-electron chi connectivity index (χ4n) is 1.99. The van der Waals surface area contributed by atoms with Crippen LogP contribution in [-0.2, 0) is 11.2 Å². The van der Waals surface area contributed by atoms with Crippen molar-refractivity contribution in [3.8, 4) is 0 Å². The Morgan fingerprint density at radius 1 is 1.58 bits per heavy atom. The number of nitrogens with zero attached hydrogens (tertiary/aromatic N) is 1. The van der Waals surface area contributed by atoms with E-state index in [0.29, 0.717) is 6.54 Å². The van der Waals surface area contributed by atoms with Crippen molar-refractivity contribution in [3.63, 3.8) is 0 Å². The predicted molar refractivity (Wildman–Crippen MR) is 79.8 cm³/mol. The van der Waals surface area contributed by atoms with Crippen molar-refractivity contribution in [2.75, 3.05) is 6.54 Å². The van der Waals surface area contributed by atoms with E-state index in [-0.39, 0.29) is 22.7 Å². The van der Waals surface area contributed by atoms with Gasteiger partial charge >= 0.3 is 0 Å². The zero-order chi connectivity index (χ0) is 14.4. The van der Waals surface area contributed by atoms with Gasteiger partial charge in [0, 0.05) is 12.2 Å². The van der Waals surface area contributed by atoms with Gasteiger partial charge in [0.15, 0.2) is 0 Å². The molecule has 1 atom stereocenters.